The van der Waals surface area contributed by atoms with Crippen molar-refractivity contribution in [3.8, 4) is 0 Å². The van der Waals surface area contributed by atoms with Crippen LogP contribution >= 0.6 is 0 Å². The molecule has 0 radical (unpaired) electrons. The third kappa shape index (κ3) is 3.26. The van der Waals surface area contributed by atoms with Crippen molar-refractivity contribution >= 4 is 15.6 Å². The predicted molar refractivity (Wildman–Crippen MR) is 75.5 cm³/mol. The molecule has 2 aromatic carbocycles. The van der Waals surface area contributed by atoms with Gasteiger partial charge in [-0.05, 0) is 24.3 Å². The lowest BCUT2D eigenvalue weighted by Gasteiger charge is -2.07. The third-order valence-corrected chi connectivity index (χ3v) is 4.98. The second-order valence-corrected chi connectivity index (χ2v) is 7.16. The second kappa shape index (κ2) is 5.32. The van der Waals surface area contributed by atoms with Crippen LogP contribution in [-0.4, -0.2) is 11.2 Å². The smallest absolute Gasteiger partial charge is 0.258 e. The Balaban J connectivity index is 2.21. The molecule has 0 heterocycles. The summed E-state index contributed by atoms with van der Waals surface area (Å²) < 4.78 is 12.6. The number of hydrogen-bond donors (Lipinski definition) is 0. The molecule has 0 aliphatic heterocycles. The van der Waals surface area contributed by atoms with Crippen LogP contribution in [0.1, 0.15) is 5.56 Å². The number of nitro benzene ring substituents is 1. The van der Waals surface area contributed by atoms with Gasteiger partial charge < -0.3 is 0 Å². The van der Waals surface area contributed by atoms with Crippen molar-refractivity contribution in [2.45, 2.75) is 10.6 Å². The number of non-ortho nitro benzene ring substituents is 1. The molecule has 2 aromatic rings. The lowest BCUT2D eigenvalue weighted by molar-refractivity contribution is -0.384. The average Bonchev–Trinajstić information content (AvgIpc) is 2.40. The Hall–Kier alpha value is -2.01. The van der Waals surface area contributed by atoms with E-state index in [0.29, 0.717) is 5.75 Å². The molecule has 0 aliphatic rings. The summed E-state index contributed by atoms with van der Waals surface area (Å²) >= 11 is 0. The lowest BCUT2D eigenvalue weighted by atomic mass is 10.2. The van der Waals surface area contributed by atoms with Gasteiger partial charge in [0.2, 0.25) is 0 Å². The van der Waals surface area contributed by atoms with Crippen molar-refractivity contribution in [1.82, 2.24) is 0 Å². The first kappa shape index (κ1) is 13.4. The highest BCUT2D eigenvalue weighted by Crippen LogP contribution is 2.22. The first-order valence-corrected chi connectivity index (χ1v) is 7.88. The summed E-state index contributed by atoms with van der Waals surface area (Å²) in [6, 6.07) is 15.5. The molecular formula is C14H14NO3S+. The van der Waals surface area contributed by atoms with Crippen LogP contribution in [-0.2, 0) is 19.9 Å². The number of nitrogens with zero attached hydrogens (tertiary/aromatic N) is 1. The number of hydrogen-bond acceptors (Lipinski definition) is 3. The van der Waals surface area contributed by atoms with Crippen molar-refractivity contribution < 1.29 is 9.13 Å². The maximum atomic E-state index is 12.6. The second-order valence-electron chi connectivity index (χ2n) is 4.39. The zero-order valence-electron chi connectivity index (χ0n) is 10.5. The van der Waals surface area contributed by atoms with Gasteiger partial charge in [-0.15, -0.1) is 0 Å². The summed E-state index contributed by atoms with van der Waals surface area (Å²) in [7, 11) is -2.17. The molecule has 1 atom stereocenters. The van der Waals surface area contributed by atoms with E-state index in [1.54, 1.807) is 18.4 Å². The normalized spacial score (nSPS) is 13.7. The summed E-state index contributed by atoms with van der Waals surface area (Å²) in [5, 5.41) is 10.6. The maximum Gasteiger partial charge on any atom is 0.269 e. The fourth-order valence-electron chi connectivity index (χ4n) is 1.82. The van der Waals surface area contributed by atoms with Crippen molar-refractivity contribution in [1.29, 1.82) is 0 Å². The van der Waals surface area contributed by atoms with Gasteiger partial charge in [-0.2, -0.15) is 0 Å². The van der Waals surface area contributed by atoms with Crippen LogP contribution in [0.15, 0.2) is 59.5 Å². The Morgan fingerprint density at radius 2 is 1.63 bits per heavy atom. The Kier molecular flexibility index (Phi) is 3.76. The minimum Gasteiger partial charge on any atom is -0.258 e. The molecule has 0 spiro atoms. The highest BCUT2D eigenvalue weighted by Gasteiger charge is 2.25. The Bertz CT molecular complexity index is 623. The van der Waals surface area contributed by atoms with E-state index in [9.17, 15) is 14.3 Å². The Morgan fingerprint density at radius 1 is 1.05 bits per heavy atom. The maximum absolute atomic E-state index is 12.6. The average molecular weight is 276 g/mol. The highest BCUT2D eigenvalue weighted by molar-refractivity contribution is 8.01. The van der Waals surface area contributed by atoms with Crippen molar-refractivity contribution in [3.63, 3.8) is 0 Å². The molecule has 0 amide bonds. The Labute approximate surface area is 112 Å². The SMILES string of the molecule is C[S+](=O)(Cc1ccc([N+](=O)[O-])cc1)c1ccccc1. The topological polar surface area (TPSA) is 60.2 Å². The van der Waals surface area contributed by atoms with Gasteiger partial charge >= 0.3 is 0 Å². The first-order chi connectivity index (χ1) is 8.99. The third-order valence-electron chi connectivity index (χ3n) is 2.83. The highest BCUT2D eigenvalue weighted by atomic mass is 32.2. The zero-order valence-corrected chi connectivity index (χ0v) is 11.3. The molecule has 0 bridgehead atoms. The molecule has 98 valence electrons. The predicted octanol–water partition coefficient (Wildman–Crippen LogP) is 3.28. The summed E-state index contributed by atoms with van der Waals surface area (Å²) in [4.78, 5) is 10.9. The minimum absolute atomic E-state index is 0.0473. The van der Waals surface area contributed by atoms with Gasteiger partial charge in [0.1, 0.15) is 21.9 Å². The van der Waals surface area contributed by atoms with Crippen LogP contribution in [0.5, 0.6) is 0 Å². The molecule has 0 fully saturated rings. The van der Waals surface area contributed by atoms with E-state index >= 15 is 0 Å². The van der Waals surface area contributed by atoms with Crippen LogP contribution in [0, 0.1) is 10.1 Å². The summed E-state index contributed by atoms with van der Waals surface area (Å²) in [6.07, 6.45) is 1.71. The van der Waals surface area contributed by atoms with Gasteiger partial charge in [0.15, 0.2) is 4.90 Å². The largest absolute Gasteiger partial charge is 0.269 e. The molecule has 0 aliphatic carbocycles. The molecule has 19 heavy (non-hydrogen) atoms. The fourth-order valence-corrected chi connectivity index (χ4v) is 3.55. The van der Waals surface area contributed by atoms with E-state index in [1.807, 2.05) is 30.3 Å². The molecule has 0 saturated heterocycles. The zero-order chi connectivity index (χ0) is 13.9. The standard InChI is InChI=1S/C14H14NO3S/c1-19(18,14-5-3-2-4-6-14)11-12-7-9-13(10-8-12)15(16)17/h2-10H,11H2,1H3/q+1. The minimum atomic E-state index is -2.17. The quantitative estimate of drug-likeness (QED) is 0.489. The van der Waals surface area contributed by atoms with Crippen LogP contribution in [0.2, 0.25) is 0 Å². The fraction of sp³-hybridized carbons (Fsp3) is 0.143. The molecule has 5 heteroatoms. The summed E-state index contributed by atoms with van der Waals surface area (Å²) in [5.74, 6) is 0.384. The van der Waals surface area contributed by atoms with Gasteiger partial charge in [-0.25, -0.2) is 0 Å². The van der Waals surface area contributed by atoms with Gasteiger partial charge in [0, 0.05) is 17.7 Å². The van der Waals surface area contributed by atoms with Gasteiger partial charge in [-0.1, -0.05) is 22.4 Å². The molecule has 4 nitrogen and oxygen atoms in total. The first-order valence-electron chi connectivity index (χ1n) is 5.74. The summed E-state index contributed by atoms with van der Waals surface area (Å²) in [5.41, 5.74) is 0.882. The molecule has 2 rings (SSSR count). The molecule has 1 unspecified atom stereocenters. The van der Waals surface area contributed by atoms with Crippen molar-refractivity contribution in [2.75, 3.05) is 6.26 Å². The van der Waals surface area contributed by atoms with Crippen molar-refractivity contribution in [2.24, 2.45) is 0 Å². The van der Waals surface area contributed by atoms with E-state index in [2.05, 4.69) is 0 Å². The van der Waals surface area contributed by atoms with Gasteiger partial charge in [-0.3, -0.25) is 10.1 Å². The van der Waals surface area contributed by atoms with Crippen molar-refractivity contribution in [3.05, 3.63) is 70.3 Å². The number of benzene rings is 2. The van der Waals surface area contributed by atoms with Crippen LogP contribution in [0.3, 0.4) is 0 Å². The van der Waals surface area contributed by atoms with Gasteiger partial charge in [0.25, 0.3) is 5.69 Å². The van der Waals surface area contributed by atoms with E-state index in [0.717, 1.165) is 10.5 Å². The van der Waals surface area contributed by atoms with E-state index < -0.39 is 14.9 Å². The monoisotopic (exact) mass is 276 g/mol. The molecule has 0 saturated carbocycles. The molecule has 0 aromatic heterocycles. The summed E-state index contributed by atoms with van der Waals surface area (Å²) in [6.45, 7) is 0. The van der Waals surface area contributed by atoms with Crippen LogP contribution in [0.25, 0.3) is 0 Å². The van der Waals surface area contributed by atoms with Crippen LogP contribution < -0.4 is 0 Å². The molecular weight excluding hydrogens is 262 g/mol. The van der Waals surface area contributed by atoms with E-state index in [4.69, 9.17) is 0 Å². The van der Waals surface area contributed by atoms with E-state index in [1.165, 1.54) is 12.1 Å². The van der Waals surface area contributed by atoms with Crippen LogP contribution in [0.4, 0.5) is 5.69 Å². The number of rotatable bonds is 4. The number of nitro groups is 1. The van der Waals surface area contributed by atoms with Gasteiger partial charge in [0.05, 0.1) is 4.92 Å². The Morgan fingerprint density at radius 3 is 2.16 bits per heavy atom. The van der Waals surface area contributed by atoms with E-state index in [-0.39, 0.29) is 5.69 Å². The molecule has 0 N–H and O–H groups in total. The lowest BCUT2D eigenvalue weighted by Crippen LogP contribution is -2.11.